The largest absolute Gasteiger partial charge is 0.496 e. The molecule has 60 heavy (non-hydrogen) atoms. The molecule has 6 aromatic carbocycles. The summed E-state index contributed by atoms with van der Waals surface area (Å²) >= 11 is 11.6. The van der Waals surface area contributed by atoms with Crippen LogP contribution in [0, 0.1) is 22.3 Å². The van der Waals surface area contributed by atoms with Gasteiger partial charge in [0.25, 0.3) is 11.8 Å². The number of nitrogens with zero attached hydrogens (tertiary/aromatic N) is 2. The highest BCUT2D eigenvalue weighted by Gasteiger charge is 2.19. The van der Waals surface area contributed by atoms with Crippen LogP contribution in [0.5, 0.6) is 5.75 Å². The molecule has 0 saturated heterocycles. The summed E-state index contributed by atoms with van der Waals surface area (Å²) in [5.41, 5.74) is 9.32. The summed E-state index contributed by atoms with van der Waals surface area (Å²) in [5, 5.41) is 5.67. The summed E-state index contributed by atoms with van der Waals surface area (Å²) in [7, 11) is 2.93. The Morgan fingerprint density at radius 3 is 2.12 bits per heavy atom. The van der Waals surface area contributed by atoms with Crippen LogP contribution in [-0.2, 0) is 17.8 Å². The third-order valence-electron chi connectivity index (χ3n) is 10.3. The predicted octanol–water partition coefficient (Wildman–Crippen LogP) is 10.2. The minimum atomic E-state index is -0.513. The van der Waals surface area contributed by atoms with Crippen molar-refractivity contribution in [2.24, 2.45) is 0 Å². The third kappa shape index (κ3) is 7.97. The first-order valence-electron chi connectivity index (χ1n) is 18.8. The Morgan fingerprint density at radius 1 is 0.667 bits per heavy atom. The lowest BCUT2D eigenvalue weighted by atomic mass is 9.96. The van der Waals surface area contributed by atoms with E-state index in [-0.39, 0.29) is 11.8 Å². The molecular weight excluding hydrogens is 800 g/mol. The molecule has 8 rings (SSSR count). The van der Waals surface area contributed by atoms with Crippen LogP contribution in [0.2, 0.25) is 0 Å². The number of carbonyl (C=O) groups is 3. The van der Waals surface area contributed by atoms with Crippen LogP contribution in [0.1, 0.15) is 47.8 Å². The number of rotatable bonds is 11. The number of imidazole rings is 2. The van der Waals surface area contributed by atoms with E-state index in [1.54, 1.807) is 55.6 Å². The van der Waals surface area contributed by atoms with Crippen LogP contribution in [0.3, 0.4) is 0 Å². The van der Waals surface area contributed by atoms with Crippen LogP contribution >= 0.6 is 24.4 Å². The number of amides is 2. The number of esters is 1. The zero-order valence-electron chi connectivity index (χ0n) is 32.6. The van der Waals surface area contributed by atoms with Crippen LogP contribution < -0.4 is 15.4 Å². The zero-order chi connectivity index (χ0) is 42.1. The second kappa shape index (κ2) is 16.6. The highest BCUT2D eigenvalue weighted by molar-refractivity contribution is 7.71. The Morgan fingerprint density at radius 2 is 1.37 bits per heavy atom. The first-order chi connectivity index (χ1) is 29.0. The number of carbonyl (C=O) groups excluding carboxylic acids is 3. The van der Waals surface area contributed by atoms with Gasteiger partial charge in [-0.1, -0.05) is 48.5 Å². The summed E-state index contributed by atoms with van der Waals surface area (Å²) in [6.07, 6.45) is 0. The fourth-order valence-electron chi connectivity index (χ4n) is 7.26. The second-order valence-corrected chi connectivity index (χ2v) is 14.9. The third-order valence-corrected chi connectivity index (χ3v) is 11.0. The molecule has 0 bridgehead atoms. The molecule has 0 atom stereocenters. The second-order valence-electron chi connectivity index (χ2n) is 14.1. The summed E-state index contributed by atoms with van der Waals surface area (Å²) in [6.45, 7) is 2.85. The highest BCUT2D eigenvalue weighted by Crippen LogP contribution is 2.33. The van der Waals surface area contributed by atoms with Gasteiger partial charge in [0.2, 0.25) is 0 Å². The van der Waals surface area contributed by atoms with E-state index in [4.69, 9.17) is 33.9 Å². The minimum absolute atomic E-state index is 0.307. The number of benzene rings is 6. The molecule has 0 spiro atoms. The van der Waals surface area contributed by atoms with E-state index >= 15 is 0 Å². The van der Waals surface area contributed by atoms with Gasteiger partial charge in [-0.05, 0) is 121 Å². The lowest BCUT2D eigenvalue weighted by Gasteiger charge is -2.14. The topological polar surface area (TPSA) is 135 Å². The number of fused-ring (bicyclic) bond motifs is 2. The maximum absolute atomic E-state index is 14.0. The number of methoxy groups -OCH3 is 2. The molecule has 0 fully saturated rings. The van der Waals surface area contributed by atoms with Crippen LogP contribution in [0.25, 0.3) is 33.2 Å². The average molecular weight is 837 g/mol. The van der Waals surface area contributed by atoms with Gasteiger partial charge in [0.05, 0.1) is 54.9 Å². The number of aromatic nitrogens is 4. The number of aromatic amines is 2. The van der Waals surface area contributed by atoms with Crippen LogP contribution in [0.4, 0.5) is 15.8 Å². The first-order valence-corrected chi connectivity index (χ1v) is 19.6. The molecule has 4 N–H and O–H groups in total. The monoisotopic (exact) mass is 836 g/mol. The molecule has 0 aliphatic rings. The molecule has 0 unspecified atom stereocenters. The molecule has 14 heteroatoms. The van der Waals surface area contributed by atoms with E-state index in [9.17, 15) is 18.8 Å². The molecule has 0 aliphatic heterocycles. The van der Waals surface area contributed by atoms with Crippen molar-refractivity contribution in [2.45, 2.75) is 20.0 Å². The Hall–Kier alpha value is -7.16. The van der Waals surface area contributed by atoms with Crippen molar-refractivity contribution in [2.75, 3.05) is 24.9 Å². The number of H-pyrrole nitrogens is 2. The number of hydrogen-bond donors (Lipinski definition) is 4. The molecule has 0 aliphatic carbocycles. The summed E-state index contributed by atoms with van der Waals surface area (Å²) < 4.78 is 29.1. The van der Waals surface area contributed by atoms with E-state index in [1.165, 1.54) is 25.3 Å². The number of hydrogen-bond acceptors (Lipinski definition) is 7. The Labute approximate surface area is 353 Å². The zero-order valence-corrected chi connectivity index (χ0v) is 34.2. The lowest BCUT2D eigenvalue weighted by molar-refractivity contribution is 0.0600. The van der Waals surface area contributed by atoms with E-state index in [1.807, 2.05) is 64.6 Å². The molecule has 0 radical (unpaired) electrons. The van der Waals surface area contributed by atoms with Gasteiger partial charge in [0, 0.05) is 33.6 Å². The molecule has 11 nitrogen and oxygen atoms in total. The maximum Gasteiger partial charge on any atom is 0.337 e. The number of aryl methyl sites for hydroxylation is 1. The van der Waals surface area contributed by atoms with Crippen molar-refractivity contribution in [1.29, 1.82) is 0 Å². The molecular formula is C46H37FN6O5S2. The van der Waals surface area contributed by atoms with E-state index < -0.39 is 11.8 Å². The standard InChI is InChI=1S/C46H37FN6O5S2/c1-26-18-27(14-15-30(26)24-52-38-17-16-28(21-37(38)50-45(52)59)42(54)49-35-12-7-10-33(47)23-35)36-20-32(43(55)48-34-11-6-9-29(19-34)44(56)58-3)22-39-41(36)51-46(60)53(39)25-31-8-4-5-13-40(31)57-2/h4-23H,24-25H2,1-3H3,(H,48,55)(H,49,54)(H,50,59)(H,51,60). The average Bonchev–Trinajstić information content (AvgIpc) is 3.74. The molecule has 8 aromatic rings. The van der Waals surface area contributed by atoms with E-state index in [0.29, 0.717) is 67.5 Å². The quantitative estimate of drug-likeness (QED) is 0.0753. The molecule has 2 heterocycles. The van der Waals surface area contributed by atoms with Gasteiger partial charge in [-0.15, -0.1) is 0 Å². The minimum Gasteiger partial charge on any atom is -0.496 e. The van der Waals surface area contributed by atoms with Gasteiger partial charge in [-0.2, -0.15) is 0 Å². The molecule has 2 amide bonds. The summed E-state index contributed by atoms with van der Waals surface area (Å²) in [6, 6.07) is 35.0. The van der Waals surface area contributed by atoms with Crippen molar-refractivity contribution in [3.05, 3.63) is 170 Å². The van der Waals surface area contributed by atoms with Crippen LogP contribution in [0.15, 0.2) is 121 Å². The van der Waals surface area contributed by atoms with E-state index in [0.717, 1.165) is 38.9 Å². The first kappa shape index (κ1) is 39.7. The number of nitrogens with one attached hydrogen (secondary N) is 4. The Balaban J connectivity index is 1.14. The highest BCUT2D eigenvalue weighted by atomic mass is 32.1. The van der Waals surface area contributed by atoms with Gasteiger partial charge >= 0.3 is 5.97 Å². The van der Waals surface area contributed by atoms with Crippen molar-refractivity contribution in [3.63, 3.8) is 0 Å². The number of halogens is 1. The summed E-state index contributed by atoms with van der Waals surface area (Å²) in [5.74, 6) is -1.00. The summed E-state index contributed by atoms with van der Waals surface area (Å²) in [4.78, 5) is 45.9. The Kier molecular flexibility index (Phi) is 11.0. The maximum atomic E-state index is 14.0. The van der Waals surface area contributed by atoms with E-state index in [2.05, 4.69) is 26.7 Å². The molecule has 300 valence electrons. The number of para-hydroxylation sites is 1. The van der Waals surface area contributed by atoms with Crippen molar-refractivity contribution < 1.29 is 28.2 Å². The SMILES string of the molecule is COC(=O)c1cccc(NC(=O)c2cc(-c3ccc(Cn4c(=S)[nH]c5cc(C(=O)Nc6cccc(F)c6)ccc54)c(C)c3)c3[nH]c(=S)n(Cc4ccccc4OC)c3c2)c1. The predicted molar refractivity (Wildman–Crippen MR) is 236 cm³/mol. The van der Waals surface area contributed by atoms with Gasteiger partial charge in [0.1, 0.15) is 11.6 Å². The van der Waals surface area contributed by atoms with Gasteiger partial charge in [-0.3, -0.25) is 9.59 Å². The number of anilines is 2. The Bertz CT molecular complexity index is 3130. The molecule has 0 saturated carbocycles. The van der Waals surface area contributed by atoms with Gasteiger partial charge in [0.15, 0.2) is 9.54 Å². The van der Waals surface area contributed by atoms with Crippen molar-refractivity contribution in [1.82, 2.24) is 19.1 Å². The van der Waals surface area contributed by atoms with Gasteiger partial charge < -0.3 is 39.2 Å². The normalized spacial score (nSPS) is 11.1. The van der Waals surface area contributed by atoms with Crippen LogP contribution in [-0.4, -0.2) is 51.1 Å². The number of ether oxygens (including phenoxy) is 2. The lowest BCUT2D eigenvalue weighted by Crippen LogP contribution is -2.13. The molecule has 2 aromatic heterocycles. The smallest absolute Gasteiger partial charge is 0.337 e. The van der Waals surface area contributed by atoms with Crippen molar-refractivity contribution >= 4 is 75.7 Å². The fourth-order valence-corrected chi connectivity index (χ4v) is 7.80. The van der Waals surface area contributed by atoms with Gasteiger partial charge in [-0.25, -0.2) is 9.18 Å². The fraction of sp³-hybridized carbons (Fsp3) is 0.109. The van der Waals surface area contributed by atoms with Crippen molar-refractivity contribution in [3.8, 4) is 16.9 Å².